The molecule has 0 spiro atoms. The molecule has 440 valence electrons. The molecule has 8 rings (SSSR count). The quantitative estimate of drug-likeness (QED) is 0.0999. The smallest absolute Gasteiger partial charge is 0.417 e. The highest BCUT2D eigenvalue weighted by Gasteiger charge is 2.37. The highest BCUT2D eigenvalue weighted by Crippen LogP contribution is 2.36. The number of carbonyl (C=O) groups excluding carboxylic acids is 1. The Morgan fingerprint density at radius 3 is 1.26 bits per heavy atom. The van der Waals surface area contributed by atoms with Crippen molar-refractivity contribution in [2.75, 3.05) is 112 Å². The highest BCUT2D eigenvalue weighted by molar-refractivity contribution is 5.79. The van der Waals surface area contributed by atoms with E-state index in [1.165, 1.54) is 42.5 Å². The maximum absolute atomic E-state index is 13.3. The fourth-order valence-electron chi connectivity index (χ4n) is 9.96. The highest BCUT2D eigenvalue weighted by atomic mass is 19.4. The average molecular weight is 1150 g/mol. The number of carbonyl (C=O) groups is 2. The van der Waals surface area contributed by atoms with Crippen molar-refractivity contribution in [3.63, 3.8) is 0 Å². The summed E-state index contributed by atoms with van der Waals surface area (Å²) in [6.45, 7) is 12.8. The van der Waals surface area contributed by atoms with Gasteiger partial charge in [-0.1, -0.05) is 13.8 Å². The molecule has 4 heterocycles. The fraction of sp³-hybridized carbons (Fsp3) is 0.500. The van der Waals surface area contributed by atoms with Gasteiger partial charge in [-0.3, -0.25) is 19.4 Å². The van der Waals surface area contributed by atoms with Crippen LogP contribution in [0.4, 0.5) is 75.4 Å². The number of likely N-dealkylation sites (tertiary alicyclic amines) is 1. The van der Waals surface area contributed by atoms with Gasteiger partial charge in [-0.2, -0.15) is 63.2 Å². The third-order valence-electron chi connectivity index (χ3n) is 14.5. The second-order valence-corrected chi connectivity index (χ2v) is 20.5. The van der Waals surface area contributed by atoms with Crippen molar-refractivity contribution >= 4 is 34.6 Å². The summed E-state index contributed by atoms with van der Waals surface area (Å²) in [6, 6.07) is 20.9. The largest absolute Gasteiger partial charge is 0.481 e. The Hall–Kier alpha value is -6.96. The minimum absolute atomic E-state index is 0.0290. The number of nitriles is 2. The van der Waals surface area contributed by atoms with Gasteiger partial charge in [0.2, 0.25) is 5.91 Å². The fourth-order valence-corrected chi connectivity index (χ4v) is 9.96. The van der Waals surface area contributed by atoms with Crippen LogP contribution in [0.15, 0.2) is 84.9 Å². The lowest BCUT2D eigenvalue weighted by molar-refractivity contribution is -0.142. The number of alkyl halides is 12. The zero-order valence-electron chi connectivity index (χ0n) is 44.6. The number of rotatable bonds is 12. The SMILES string of the molecule is CC(CN1CCN(c2ccc(C(F)(F)F)cc2)CC1)C(=O)N1CCC(Nc2ccc(C#N)c(C(F)(F)F)c2)CC1.CC(CN1CCN(c2ccc(C(F)(F)F)cc2)CC1)C(=O)O.N#Cc1ccc(NC2CCNCC2)cc1C(F)(F)F. The minimum atomic E-state index is -4.62. The number of piperidine rings is 2. The molecule has 25 heteroatoms. The molecular weight excluding hydrogens is 1090 g/mol. The number of benzene rings is 4. The molecule has 4 fully saturated rings. The van der Waals surface area contributed by atoms with E-state index in [9.17, 15) is 62.3 Å². The maximum atomic E-state index is 13.3. The van der Waals surface area contributed by atoms with Crippen LogP contribution in [0.2, 0.25) is 0 Å². The lowest BCUT2D eigenvalue weighted by Gasteiger charge is -2.38. The lowest BCUT2D eigenvalue weighted by Crippen LogP contribution is -2.50. The first-order valence-electron chi connectivity index (χ1n) is 26.4. The van der Waals surface area contributed by atoms with E-state index in [0.29, 0.717) is 103 Å². The first kappa shape index (κ1) is 63.2. The number of aliphatic carboxylic acids is 1. The predicted molar refractivity (Wildman–Crippen MR) is 281 cm³/mol. The molecule has 1 amide bonds. The van der Waals surface area contributed by atoms with Gasteiger partial charge < -0.3 is 35.8 Å². The molecule has 4 aliphatic heterocycles. The van der Waals surface area contributed by atoms with Crippen LogP contribution in [0, 0.1) is 34.5 Å². The summed E-state index contributed by atoms with van der Waals surface area (Å²) >= 11 is 0. The van der Waals surface area contributed by atoms with Gasteiger partial charge in [-0.15, -0.1) is 0 Å². The van der Waals surface area contributed by atoms with E-state index < -0.39 is 64.4 Å². The van der Waals surface area contributed by atoms with Gasteiger partial charge in [-0.25, -0.2) is 0 Å². The summed E-state index contributed by atoms with van der Waals surface area (Å²) in [6.07, 6.45) is -14.9. The number of hydrogen-bond acceptors (Lipinski definition) is 11. The summed E-state index contributed by atoms with van der Waals surface area (Å²) in [5, 5.41) is 36.0. The van der Waals surface area contributed by atoms with Crippen LogP contribution in [0.1, 0.15) is 72.9 Å². The number of amides is 1. The molecule has 4 aromatic rings. The van der Waals surface area contributed by atoms with E-state index in [2.05, 4.69) is 25.8 Å². The average Bonchev–Trinajstić information content (AvgIpc) is 3.47. The first-order chi connectivity index (χ1) is 38.1. The monoisotopic (exact) mass is 1150 g/mol. The Kier molecular flexibility index (Phi) is 21.6. The minimum Gasteiger partial charge on any atom is -0.481 e. The van der Waals surface area contributed by atoms with Crippen LogP contribution < -0.4 is 25.8 Å². The standard InChI is InChI=1S/C28H31F6N5O.C15H19F3N2O2.C13H14F3N3/c1-19(18-37-12-14-38(15-13-37)24-6-3-21(4-7-24)27(29,30)31)26(40)39-10-8-22(9-11-39)36-23-5-2-20(17-35)25(16-23)28(32,33)34;1-11(14(21)22)10-19-6-8-20(9-7-19)13-4-2-12(3-5-13)15(16,17)18;14-13(15,16)12-7-11(2-1-9(12)8-17)19-10-3-5-18-6-4-10/h2-7,16,19,22,36H,8-15,18H2,1H3;2-5,11H,6-10H2,1H3,(H,21,22);1-2,7,10,18-19H,3-6H2. The van der Waals surface area contributed by atoms with Gasteiger partial charge in [0, 0.05) is 119 Å². The summed E-state index contributed by atoms with van der Waals surface area (Å²) in [5.74, 6) is -1.45. The molecule has 0 aromatic heterocycles. The van der Waals surface area contributed by atoms with Crippen molar-refractivity contribution < 1.29 is 67.4 Å². The Labute approximate surface area is 462 Å². The summed E-state index contributed by atoms with van der Waals surface area (Å²) in [4.78, 5) is 34.0. The number of anilines is 4. The first-order valence-corrected chi connectivity index (χ1v) is 26.4. The molecule has 2 unspecified atom stereocenters. The van der Waals surface area contributed by atoms with Crippen LogP contribution in [-0.4, -0.2) is 135 Å². The van der Waals surface area contributed by atoms with Crippen LogP contribution in [0.25, 0.3) is 0 Å². The van der Waals surface area contributed by atoms with Crippen molar-refractivity contribution in [3.05, 3.63) is 118 Å². The topological polar surface area (TPSA) is 154 Å². The van der Waals surface area contributed by atoms with Gasteiger partial charge in [-0.05, 0) is 124 Å². The van der Waals surface area contributed by atoms with Gasteiger partial charge in [0.05, 0.1) is 51.4 Å². The number of nitrogens with zero attached hydrogens (tertiary/aromatic N) is 7. The molecule has 0 bridgehead atoms. The number of hydrogen-bond donors (Lipinski definition) is 4. The van der Waals surface area contributed by atoms with Crippen molar-refractivity contribution in [1.29, 1.82) is 10.5 Å². The Bertz CT molecular complexity index is 2770. The number of carboxylic acids is 1. The van der Waals surface area contributed by atoms with E-state index in [-0.39, 0.29) is 29.5 Å². The molecule has 2 atom stereocenters. The van der Waals surface area contributed by atoms with E-state index >= 15 is 0 Å². The van der Waals surface area contributed by atoms with Crippen molar-refractivity contribution in [1.82, 2.24) is 20.0 Å². The Balaban J connectivity index is 0.000000216. The second-order valence-electron chi connectivity index (χ2n) is 20.5. The summed E-state index contributed by atoms with van der Waals surface area (Å²) in [5.41, 5.74) is -1.73. The third kappa shape index (κ3) is 18.5. The third-order valence-corrected chi connectivity index (χ3v) is 14.5. The van der Waals surface area contributed by atoms with Crippen LogP contribution >= 0.6 is 0 Å². The van der Waals surface area contributed by atoms with Gasteiger partial charge in [0.1, 0.15) is 0 Å². The van der Waals surface area contributed by atoms with Crippen molar-refractivity contribution in [2.45, 2.75) is 76.3 Å². The Morgan fingerprint density at radius 2 is 0.914 bits per heavy atom. The normalized spacial score (nSPS) is 18.0. The molecule has 4 saturated heterocycles. The van der Waals surface area contributed by atoms with Crippen molar-refractivity contribution in [3.8, 4) is 12.1 Å². The summed E-state index contributed by atoms with van der Waals surface area (Å²) < 4.78 is 154. The van der Waals surface area contributed by atoms with Crippen LogP contribution in [-0.2, 0) is 34.3 Å². The molecule has 0 saturated carbocycles. The lowest BCUT2D eigenvalue weighted by atomic mass is 10.0. The molecule has 81 heavy (non-hydrogen) atoms. The van der Waals surface area contributed by atoms with E-state index in [1.807, 2.05) is 16.7 Å². The molecule has 0 radical (unpaired) electrons. The van der Waals surface area contributed by atoms with E-state index in [1.54, 1.807) is 24.0 Å². The summed E-state index contributed by atoms with van der Waals surface area (Å²) in [7, 11) is 0. The zero-order valence-corrected chi connectivity index (χ0v) is 44.6. The Morgan fingerprint density at radius 1 is 0.543 bits per heavy atom. The molecule has 4 aromatic carbocycles. The van der Waals surface area contributed by atoms with Gasteiger partial charge >= 0.3 is 30.7 Å². The predicted octanol–water partition coefficient (Wildman–Crippen LogP) is 10.7. The zero-order chi connectivity index (χ0) is 59.3. The van der Waals surface area contributed by atoms with Gasteiger partial charge in [0.25, 0.3) is 0 Å². The van der Waals surface area contributed by atoms with Crippen LogP contribution in [0.5, 0.6) is 0 Å². The number of nitrogens with one attached hydrogen (secondary N) is 3. The van der Waals surface area contributed by atoms with Gasteiger partial charge in [0.15, 0.2) is 0 Å². The number of carboxylic acid groups (broad SMARTS) is 1. The molecule has 4 aliphatic rings. The maximum Gasteiger partial charge on any atom is 0.417 e. The van der Waals surface area contributed by atoms with E-state index in [0.717, 1.165) is 79.8 Å². The van der Waals surface area contributed by atoms with Crippen LogP contribution in [0.3, 0.4) is 0 Å². The second kappa shape index (κ2) is 27.7. The molecule has 0 aliphatic carbocycles. The molecular formula is C56H64F12N10O3. The number of halogens is 12. The number of piperazine rings is 2. The molecule has 4 N–H and O–H groups in total. The van der Waals surface area contributed by atoms with Crippen molar-refractivity contribution in [2.24, 2.45) is 11.8 Å². The van der Waals surface area contributed by atoms with E-state index in [4.69, 9.17) is 15.6 Å². The molecule has 13 nitrogen and oxygen atoms in total.